The Bertz CT molecular complexity index is 2650. The monoisotopic (exact) mass is 841 g/mol. The number of ether oxygens (including phenoxy) is 3. The lowest BCUT2D eigenvalue weighted by molar-refractivity contribution is 0.0592. The smallest absolute Gasteiger partial charge is 0.343 e. The summed E-state index contributed by atoms with van der Waals surface area (Å²) in [7, 11) is 3.90. The van der Waals surface area contributed by atoms with Crippen LogP contribution < -0.4 is 16.2 Å². The third-order valence-corrected chi connectivity index (χ3v) is 9.15. The van der Waals surface area contributed by atoms with E-state index in [0.29, 0.717) is 22.8 Å². The second kappa shape index (κ2) is 16.5. The summed E-state index contributed by atoms with van der Waals surface area (Å²) in [5.41, 5.74) is 14.9. The highest BCUT2D eigenvalue weighted by molar-refractivity contribution is 5.94. The van der Waals surface area contributed by atoms with Gasteiger partial charge in [0.05, 0.1) is 56.5 Å². The van der Waals surface area contributed by atoms with Crippen LogP contribution in [0.2, 0.25) is 0 Å². The maximum atomic E-state index is 12.8. The zero-order chi connectivity index (χ0) is 44.5. The molecule has 0 spiro atoms. The van der Waals surface area contributed by atoms with Crippen LogP contribution >= 0.6 is 0 Å². The van der Waals surface area contributed by atoms with Crippen LogP contribution in [0.15, 0.2) is 93.5 Å². The normalized spacial score (nSPS) is 12.1. The number of esters is 2. The maximum Gasteiger partial charge on any atom is 0.343 e. The van der Waals surface area contributed by atoms with Gasteiger partial charge in [0.25, 0.3) is 11.9 Å². The number of hydrogen-bond acceptors (Lipinski definition) is 18. The molecule has 0 atom stereocenters. The number of azo groups is 2. The number of carbonyl (C=O) groups excluding carboxylic acids is 2. The molecule has 5 aromatic heterocycles. The van der Waals surface area contributed by atoms with Crippen LogP contribution in [0.4, 0.5) is 34.6 Å². The number of anilines is 2. The van der Waals surface area contributed by atoms with Crippen molar-refractivity contribution < 1.29 is 23.8 Å². The van der Waals surface area contributed by atoms with Gasteiger partial charge in [-0.25, -0.2) is 19.0 Å². The number of para-hydroxylation sites is 2. The van der Waals surface area contributed by atoms with E-state index in [2.05, 4.69) is 45.6 Å². The highest BCUT2D eigenvalue weighted by atomic mass is 16.5. The molecule has 0 aliphatic carbocycles. The predicted octanol–water partition coefficient (Wildman–Crippen LogP) is 6.79. The van der Waals surface area contributed by atoms with Crippen LogP contribution in [0.1, 0.15) is 73.6 Å². The van der Waals surface area contributed by atoms with Gasteiger partial charge in [-0.1, -0.05) is 77.9 Å². The van der Waals surface area contributed by atoms with Crippen LogP contribution in [0.25, 0.3) is 23.3 Å². The number of nitrogen functional groups attached to an aromatic ring is 2. The van der Waals surface area contributed by atoms with E-state index in [1.165, 1.54) is 52.5 Å². The zero-order valence-corrected chi connectivity index (χ0v) is 35.3. The number of nitrogens with two attached hydrogens (primary N) is 2. The average Bonchev–Trinajstić information content (AvgIpc) is 4.04. The first-order valence-electron chi connectivity index (χ1n) is 18.9. The molecule has 7 rings (SSSR count). The van der Waals surface area contributed by atoms with Crippen molar-refractivity contribution in [2.24, 2.45) is 20.5 Å². The SMILES string of the molecule is COC(=O)c1cnn(-c2ccccc2)c1N=Nc1c(C(C)(C)C)nn(-c2nc(OC)nc(-n3nc(C(C)(C)C)c(N=Nc4c(C(=O)OC)cnn4-c4ccccc4)c3N)n2)c1N. The van der Waals surface area contributed by atoms with E-state index in [9.17, 15) is 9.59 Å². The maximum absolute atomic E-state index is 12.8. The van der Waals surface area contributed by atoms with E-state index < -0.39 is 22.8 Å². The number of aromatic nitrogens is 11. The van der Waals surface area contributed by atoms with Gasteiger partial charge in [-0.05, 0) is 24.3 Å². The van der Waals surface area contributed by atoms with Gasteiger partial charge >= 0.3 is 17.9 Å². The fourth-order valence-corrected chi connectivity index (χ4v) is 6.07. The highest BCUT2D eigenvalue weighted by Crippen LogP contribution is 2.40. The summed E-state index contributed by atoms with van der Waals surface area (Å²) in [6.45, 7) is 11.5. The van der Waals surface area contributed by atoms with Crippen LogP contribution in [-0.4, -0.2) is 87.3 Å². The summed E-state index contributed by atoms with van der Waals surface area (Å²) in [6, 6.07) is 18.1. The molecule has 0 aliphatic rings. The minimum Gasteiger partial charge on any atom is -0.467 e. The molecule has 4 N–H and O–H groups in total. The lowest BCUT2D eigenvalue weighted by atomic mass is 9.91. The van der Waals surface area contributed by atoms with Crippen molar-refractivity contribution in [1.82, 2.24) is 54.1 Å². The van der Waals surface area contributed by atoms with Crippen LogP contribution in [0.3, 0.4) is 0 Å². The van der Waals surface area contributed by atoms with Gasteiger partial charge in [-0.3, -0.25) is 0 Å². The van der Waals surface area contributed by atoms with E-state index in [4.69, 9.17) is 35.9 Å². The molecule has 5 heterocycles. The van der Waals surface area contributed by atoms with Gasteiger partial charge in [0.15, 0.2) is 34.6 Å². The fourth-order valence-electron chi connectivity index (χ4n) is 6.07. The molecule has 62 heavy (non-hydrogen) atoms. The van der Waals surface area contributed by atoms with Crippen molar-refractivity contribution in [1.29, 1.82) is 0 Å². The minimum atomic E-state index is -0.660. The van der Waals surface area contributed by atoms with Gasteiger partial charge in [-0.15, -0.1) is 20.5 Å². The molecular formula is C40H43N17O5. The van der Waals surface area contributed by atoms with Crippen molar-refractivity contribution in [3.05, 3.63) is 95.6 Å². The lowest BCUT2D eigenvalue weighted by Crippen LogP contribution is -2.16. The number of nitrogens with zero attached hydrogens (tertiary/aromatic N) is 15. The molecule has 2 aromatic carbocycles. The van der Waals surface area contributed by atoms with Crippen molar-refractivity contribution in [3.63, 3.8) is 0 Å². The second-order valence-electron chi connectivity index (χ2n) is 15.6. The molecular weight excluding hydrogens is 799 g/mol. The average molecular weight is 842 g/mol. The first-order chi connectivity index (χ1) is 29.5. The Balaban J connectivity index is 1.35. The van der Waals surface area contributed by atoms with Gasteiger partial charge in [-0.2, -0.15) is 44.7 Å². The van der Waals surface area contributed by atoms with Crippen LogP contribution in [-0.2, 0) is 20.3 Å². The van der Waals surface area contributed by atoms with E-state index in [1.54, 1.807) is 24.3 Å². The molecule has 22 heteroatoms. The van der Waals surface area contributed by atoms with E-state index >= 15 is 0 Å². The Morgan fingerprint density at radius 3 is 1.29 bits per heavy atom. The summed E-state index contributed by atoms with van der Waals surface area (Å²) < 4.78 is 21.0. The summed E-state index contributed by atoms with van der Waals surface area (Å²) in [6.07, 6.45) is 2.70. The summed E-state index contributed by atoms with van der Waals surface area (Å²) >= 11 is 0. The van der Waals surface area contributed by atoms with Gasteiger partial charge in [0.1, 0.15) is 11.1 Å². The first-order valence-corrected chi connectivity index (χ1v) is 18.9. The fraction of sp³-hybridized carbons (Fsp3) is 0.275. The molecule has 0 saturated carbocycles. The van der Waals surface area contributed by atoms with Gasteiger partial charge in [0.2, 0.25) is 0 Å². The van der Waals surface area contributed by atoms with E-state index in [1.807, 2.05) is 77.9 Å². The van der Waals surface area contributed by atoms with Crippen molar-refractivity contribution in [2.45, 2.75) is 52.4 Å². The molecule has 22 nitrogen and oxygen atoms in total. The molecule has 318 valence electrons. The Morgan fingerprint density at radius 2 is 0.952 bits per heavy atom. The number of hydrogen-bond donors (Lipinski definition) is 2. The Morgan fingerprint density at radius 1 is 0.565 bits per heavy atom. The van der Waals surface area contributed by atoms with Crippen molar-refractivity contribution >= 4 is 46.6 Å². The molecule has 0 bridgehead atoms. The van der Waals surface area contributed by atoms with Gasteiger partial charge in [0, 0.05) is 10.8 Å². The Hall–Kier alpha value is -8.17. The molecule has 0 amide bonds. The Labute approximate surface area is 354 Å². The third kappa shape index (κ3) is 7.94. The van der Waals surface area contributed by atoms with Gasteiger partial charge < -0.3 is 25.7 Å². The first kappa shape index (κ1) is 42.0. The number of methoxy groups -OCH3 is 3. The summed E-state index contributed by atoms with van der Waals surface area (Å²) in [4.78, 5) is 39.2. The third-order valence-electron chi connectivity index (χ3n) is 9.15. The minimum absolute atomic E-state index is 0.00184. The highest BCUT2D eigenvalue weighted by Gasteiger charge is 2.31. The molecule has 0 radical (unpaired) electrons. The molecule has 0 saturated heterocycles. The van der Waals surface area contributed by atoms with E-state index in [0.717, 1.165) is 0 Å². The zero-order valence-electron chi connectivity index (χ0n) is 35.3. The Kier molecular flexibility index (Phi) is 11.1. The molecule has 0 unspecified atom stereocenters. The number of rotatable bonds is 11. The number of carbonyl (C=O) groups is 2. The quantitative estimate of drug-likeness (QED) is 0.100. The topological polar surface area (TPSA) is 273 Å². The second-order valence-corrected chi connectivity index (χ2v) is 15.6. The predicted molar refractivity (Wildman–Crippen MR) is 225 cm³/mol. The molecule has 0 aliphatic heterocycles. The number of benzene rings is 2. The van der Waals surface area contributed by atoms with Crippen LogP contribution in [0, 0.1) is 0 Å². The summed E-state index contributed by atoms with van der Waals surface area (Å²) in [5, 5.41) is 36.4. The molecule has 7 aromatic rings. The lowest BCUT2D eigenvalue weighted by Gasteiger charge is -2.15. The summed E-state index contributed by atoms with van der Waals surface area (Å²) in [5.74, 6) is -1.28. The largest absolute Gasteiger partial charge is 0.467 e. The van der Waals surface area contributed by atoms with Crippen molar-refractivity contribution in [3.8, 4) is 29.3 Å². The van der Waals surface area contributed by atoms with Crippen molar-refractivity contribution in [2.75, 3.05) is 32.8 Å². The van der Waals surface area contributed by atoms with Crippen LogP contribution in [0.5, 0.6) is 6.01 Å². The standard InChI is InChI=1S/C40H43N17O5/c1-39(2,3)28-26(48-50-32-24(34(58)60-7)20-43-54(32)22-16-12-10-13-17-22)30(41)56(52-28)36-45-37(47-38(46-36)62-9)57-31(42)27(29(53-57)40(4,5)6)49-51-33-25(35(59)61-8)21-44-55(33)23-18-14-11-15-19-23/h10-21H,41-42H2,1-9H3. The van der Waals surface area contributed by atoms with E-state index in [-0.39, 0.29) is 63.7 Å². The molecule has 0 fully saturated rings.